The summed E-state index contributed by atoms with van der Waals surface area (Å²) in [4.78, 5) is 15.2. The van der Waals surface area contributed by atoms with Gasteiger partial charge in [-0.1, -0.05) is 60.7 Å². The zero-order chi connectivity index (χ0) is 23.5. The normalized spacial score (nSPS) is 11.1. The number of hydrogen-bond donors (Lipinski definition) is 0. The van der Waals surface area contributed by atoms with Crippen LogP contribution >= 0.6 is 12.2 Å². The number of nitrogens with zero attached hydrogens (tertiary/aromatic N) is 4. The first-order valence-corrected chi connectivity index (χ1v) is 11.5. The summed E-state index contributed by atoms with van der Waals surface area (Å²) in [5, 5.41) is 4.83. The van der Waals surface area contributed by atoms with Crippen LogP contribution in [0.1, 0.15) is 25.0 Å². The van der Waals surface area contributed by atoms with Gasteiger partial charge < -0.3 is 4.90 Å². The van der Waals surface area contributed by atoms with E-state index in [1.807, 2.05) is 79.1 Å². The average Bonchev–Trinajstić information content (AvgIpc) is 3.12. The molecule has 6 heteroatoms. The number of amides is 1. The molecule has 4 rings (SSSR count). The summed E-state index contributed by atoms with van der Waals surface area (Å²) < 4.78 is 4.11. The van der Waals surface area contributed by atoms with Crippen LogP contribution in [0.4, 0.5) is 5.69 Å². The molecule has 0 unspecified atom stereocenters. The van der Waals surface area contributed by atoms with Gasteiger partial charge in [0.05, 0.1) is 5.69 Å². The fourth-order valence-corrected chi connectivity index (χ4v) is 4.28. The predicted octanol–water partition coefficient (Wildman–Crippen LogP) is 6.13. The first-order valence-electron chi connectivity index (χ1n) is 11.1. The Balaban J connectivity index is 1.82. The van der Waals surface area contributed by atoms with Crippen molar-refractivity contribution < 1.29 is 4.79 Å². The monoisotopic (exact) mass is 456 g/mol. The number of aromatic nitrogens is 3. The summed E-state index contributed by atoms with van der Waals surface area (Å²) >= 11 is 5.88. The van der Waals surface area contributed by atoms with Crippen LogP contribution in [0.3, 0.4) is 0 Å². The van der Waals surface area contributed by atoms with Gasteiger partial charge in [-0.2, -0.15) is 5.10 Å². The minimum absolute atomic E-state index is 0.00349. The van der Waals surface area contributed by atoms with Crippen molar-refractivity contribution in [1.29, 1.82) is 0 Å². The molecule has 0 aliphatic carbocycles. The third-order valence-electron chi connectivity index (χ3n) is 5.58. The molecule has 1 aromatic heterocycles. The van der Waals surface area contributed by atoms with Gasteiger partial charge in [-0.3, -0.25) is 9.36 Å². The Morgan fingerprint density at radius 2 is 1.61 bits per heavy atom. The van der Waals surface area contributed by atoms with Gasteiger partial charge in [-0.05, 0) is 69.2 Å². The molecule has 0 saturated carbocycles. The number of hydrogen-bond acceptors (Lipinski definition) is 3. The lowest BCUT2D eigenvalue weighted by Gasteiger charge is -2.26. The molecule has 0 bridgehead atoms. The summed E-state index contributed by atoms with van der Waals surface area (Å²) in [6.45, 7) is 8.19. The highest BCUT2D eigenvalue weighted by Gasteiger charge is 2.22. The molecule has 3 aromatic carbocycles. The van der Waals surface area contributed by atoms with Crippen LogP contribution in [0, 0.1) is 18.6 Å². The molecule has 5 nitrogen and oxygen atoms in total. The smallest absolute Gasteiger partial charge is 0.249 e. The van der Waals surface area contributed by atoms with Gasteiger partial charge in [-0.15, -0.1) is 0 Å². The van der Waals surface area contributed by atoms with Crippen LogP contribution in [-0.4, -0.2) is 26.3 Å². The van der Waals surface area contributed by atoms with Crippen molar-refractivity contribution in [3.05, 3.63) is 94.8 Å². The lowest BCUT2D eigenvalue weighted by atomic mass is 10.1. The van der Waals surface area contributed by atoms with E-state index < -0.39 is 0 Å². The third-order valence-corrected chi connectivity index (χ3v) is 5.97. The van der Waals surface area contributed by atoms with Crippen LogP contribution < -0.4 is 4.90 Å². The largest absolute Gasteiger partial charge is 0.308 e. The van der Waals surface area contributed by atoms with E-state index in [0.717, 1.165) is 33.9 Å². The summed E-state index contributed by atoms with van der Waals surface area (Å²) in [5.41, 5.74) is 5.00. The fraction of sp³-hybridized carbons (Fsp3) is 0.222. The van der Waals surface area contributed by atoms with E-state index in [9.17, 15) is 4.79 Å². The van der Waals surface area contributed by atoms with Crippen molar-refractivity contribution in [3.8, 4) is 17.1 Å². The zero-order valence-corrected chi connectivity index (χ0v) is 20.2. The highest BCUT2D eigenvalue weighted by Crippen LogP contribution is 2.26. The van der Waals surface area contributed by atoms with Crippen molar-refractivity contribution in [2.24, 2.45) is 0 Å². The van der Waals surface area contributed by atoms with Crippen LogP contribution in [0.2, 0.25) is 0 Å². The number of benzene rings is 3. The summed E-state index contributed by atoms with van der Waals surface area (Å²) in [6.07, 6.45) is 0. The maximum Gasteiger partial charge on any atom is 0.249 e. The number of anilines is 1. The highest BCUT2D eigenvalue weighted by atomic mass is 32.1. The van der Waals surface area contributed by atoms with E-state index in [1.165, 1.54) is 0 Å². The number of carbonyl (C=O) groups is 1. The summed E-state index contributed by atoms with van der Waals surface area (Å²) in [7, 11) is 0. The van der Waals surface area contributed by atoms with E-state index in [1.54, 1.807) is 9.58 Å². The quantitative estimate of drug-likeness (QED) is 0.328. The maximum atomic E-state index is 13.4. The molecule has 168 valence electrons. The number of carbonyl (C=O) groups excluding carboxylic acids is 1. The van der Waals surface area contributed by atoms with Gasteiger partial charge in [0.25, 0.3) is 0 Å². The SMILES string of the molecule is Cc1ccc(C)c(-n2c(-c3ccccc3)nn(CC(=O)N(c3ccccc3)C(C)C)c2=S)c1. The minimum Gasteiger partial charge on any atom is -0.308 e. The lowest BCUT2D eigenvalue weighted by molar-refractivity contribution is -0.119. The Hall–Kier alpha value is -3.51. The number of rotatable bonds is 6. The molecule has 0 fully saturated rings. The van der Waals surface area contributed by atoms with Gasteiger partial charge in [0.1, 0.15) is 6.54 Å². The van der Waals surface area contributed by atoms with Crippen LogP contribution in [0.15, 0.2) is 78.9 Å². The maximum absolute atomic E-state index is 13.4. The van der Waals surface area contributed by atoms with Gasteiger partial charge in [0, 0.05) is 17.3 Å². The summed E-state index contributed by atoms with van der Waals surface area (Å²) in [5.74, 6) is 0.662. The molecule has 4 aromatic rings. The van der Waals surface area contributed by atoms with Crippen molar-refractivity contribution >= 4 is 23.8 Å². The standard InChI is InChI=1S/C27H28N4OS/c1-19(2)30(23-13-9-6-10-14-23)25(32)18-29-27(33)31(24-17-20(3)15-16-21(24)4)26(28-29)22-11-7-5-8-12-22/h5-17,19H,18H2,1-4H3. The topological polar surface area (TPSA) is 43.1 Å². The van der Waals surface area contributed by atoms with Crippen LogP contribution in [0.25, 0.3) is 17.1 Å². The molecule has 0 aliphatic heterocycles. The van der Waals surface area contributed by atoms with Crippen LogP contribution in [0.5, 0.6) is 0 Å². The fourth-order valence-electron chi connectivity index (χ4n) is 3.99. The summed E-state index contributed by atoms with van der Waals surface area (Å²) in [6, 6.07) is 25.9. The molecule has 0 atom stereocenters. The average molecular weight is 457 g/mol. The van der Waals surface area contributed by atoms with Crippen molar-refractivity contribution in [1.82, 2.24) is 14.3 Å². The van der Waals surface area contributed by atoms with Gasteiger partial charge in [0.2, 0.25) is 10.7 Å². The van der Waals surface area contributed by atoms with Crippen molar-refractivity contribution in [2.75, 3.05) is 4.90 Å². The lowest BCUT2D eigenvalue weighted by Crippen LogP contribution is -2.39. The molecule has 0 radical (unpaired) electrons. The second-order valence-corrected chi connectivity index (χ2v) is 8.81. The molecule has 0 spiro atoms. The zero-order valence-electron chi connectivity index (χ0n) is 19.4. The number of aryl methyl sites for hydroxylation is 2. The molecule has 0 aliphatic rings. The molecule has 1 amide bonds. The van der Waals surface area contributed by atoms with Gasteiger partial charge in [-0.25, -0.2) is 4.68 Å². The van der Waals surface area contributed by atoms with E-state index >= 15 is 0 Å². The van der Waals surface area contributed by atoms with E-state index in [4.69, 9.17) is 17.3 Å². The minimum atomic E-state index is -0.0578. The first kappa shape index (κ1) is 22.7. The molecule has 0 saturated heterocycles. The van der Waals surface area contributed by atoms with Gasteiger partial charge in [0.15, 0.2) is 5.82 Å². The Labute approximate surface area is 199 Å². The highest BCUT2D eigenvalue weighted by molar-refractivity contribution is 7.71. The molecule has 0 N–H and O–H groups in total. The second-order valence-electron chi connectivity index (χ2n) is 8.45. The van der Waals surface area contributed by atoms with Crippen molar-refractivity contribution in [3.63, 3.8) is 0 Å². The second kappa shape index (κ2) is 9.55. The van der Waals surface area contributed by atoms with Gasteiger partial charge >= 0.3 is 0 Å². The Morgan fingerprint density at radius 3 is 2.24 bits per heavy atom. The third kappa shape index (κ3) is 4.66. The molecular formula is C27H28N4OS. The number of para-hydroxylation sites is 1. The van der Waals surface area contributed by atoms with Crippen molar-refractivity contribution in [2.45, 2.75) is 40.3 Å². The molecular weight excluding hydrogens is 428 g/mol. The Kier molecular flexibility index (Phi) is 6.56. The van der Waals surface area contributed by atoms with E-state index in [0.29, 0.717) is 4.77 Å². The Bertz CT molecular complexity index is 1320. The molecule has 33 heavy (non-hydrogen) atoms. The van der Waals surface area contributed by atoms with Crippen LogP contribution in [-0.2, 0) is 11.3 Å². The first-order chi connectivity index (χ1) is 15.9. The predicted molar refractivity (Wildman–Crippen MR) is 136 cm³/mol. The van der Waals surface area contributed by atoms with E-state index in [-0.39, 0.29) is 18.5 Å². The molecule has 1 heterocycles. The Morgan fingerprint density at radius 1 is 0.970 bits per heavy atom. The van der Waals surface area contributed by atoms with E-state index in [2.05, 4.69) is 32.0 Å².